The quantitative estimate of drug-likeness (QED) is 0.127. The van der Waals surface area contributed by atoms with Crippen LogP contribution in [-0.2, 0) is 0 Å². The molecule has 56 heavy (non-hydrogen) atoms. The summed E-state index contributed by atoms with van der Waals surface area (Å²) in [6.45, 7) is 0. The van der Waals surface area contributed by atoms with Crippen molar-refractivity contribution in [3.05, 3.63) is 200 Å². The largest absolute Gasteiger partial charge is 0.208 e. The van der Waals surface area contributed by atoms with Crippen LogP contribution in [0.3, 0.4) is 0 Å². The minimum absolute atomic E-state index is 0.597. The molecule has 0 atom stereocenters. The highest BCUT2D eigenvalue weighted by Gasteiger charge is 2.16. The number of fused-ring (bicyclic) bond motifs is 4. The zero-order valence-electron chi connectivity index (χ0n) is 30.3. The Bertz CT molecular complexity index is 3090. The second-order valence-electron chi connectivity index (χ2n) is 13.9. The van der Waals surface area contributed by atoms with Crippen molar-refractivity contribution < 1.29 is 0 Å². The molecule has 0 aliphatic rings. The van der Waals surface area contributed by atoms with Crippen LogP contribution in [0.5, 0.6) is 0 Å². The molecular weight excluding hydrogens is 681 g/mol. The highest BCUT2D eigenvalue weighted by Crippen LogP contribution is 2.40. The van der Waals surface area contributed by atoms with Crippen LogP contribution in [0.15, 0.2) is 194 Å². The molecule has 0 aliphatic heterocycles. The molecule has 260 valence electrons. The average Bonchev–Trinajstić information content (AvgIpc) is 3.28. The summed E-state index contributed by atoms with van der Waals surface area (Å²) in [5.41, 5.74) is 10.1. The second kappa shape index (κ2) is 13.9. The Balaban J connectivity index is 1.08. The van der Waals surface area contributed by atoms with E-state index in [0.29, 0.717) is 23.0 Å². The Morgan fingerprint density at radius 2 is 0.732 bits per heavy atom. The van der Waals surface area contributed by atoms with E-state index in [1.807, 2.05) is 42.5 Å². The smallest absolute Gasteiger partial charge is 0.164 e. The van der Waals surface area contributed by atoms with Crippen molar-refractivity contribution in [3.63, 3.8) is 0 Å². The van der Waals surface area contributed by atoms with Gasteiger partial charge in [-0.2, -0.15) is 5.26 Å². The molecule has 0 spiro atoms. The first kappa shape index (κ1) is 32.9. The van der Waals surface area contributed by atoms with E-state index in [2.05, 4.69) is 158 Å². The van der Waals surface area contributed by atoms with Crippen LogP contribution in [0.25, 0.3) is 99.9 Å². The molecule has 0 aliphatic carbocycles. The lowest BCUT2D eigenvalue weighted by atomic mass is 9.89. The summed E-state index contributed by atoms with van der Waals surface area (Å²) in [6, 6.07) is 69.5. The first-order valence-corrected chi connectivity index (χ1v) is 18.7. The number of aromatic nitrogens is 3. The van der Waals surface area contributed by atoms with Crippen LogP contribution in [0.4, 0.5) is 0 Å². The van der Waals surface area contributed by atoms with E-state index < -0.39 is 0 Å². The van der Waals surface area contributed by atoms with E-state index >= 15 is 0 Å². The topological polar surface area (TPSA) is 62.5 Å². The van der Waals surface area contributed by atoms with Gasteiger partial charge in [-0.05, 0) is 83.9 Å². The molecule has 4 heteroatoms. The number of hydrogen-bond donors (Lipinski definition) is 0. The first-order chi connectivity index (χ1) is 27.7. The molecule has 0 saturated heterocycles. The molecule has 4 nitrogen and oxygen atoms in total. The molecule has 0 radical (unpaired) electrons. The van der Waals surface area contributed by atoms with Crippen LogP contribution < -0.4 is 0 Å². The number of nitriles is 1. The lowest BCUT2D eigenvalue weighted by molar-refractivity contribution is 1.07. The maximum Gasteiger partial charge on any atom is 0.164 e. The summed E-state index contributed by atoms with van der Waals surface area (Å²) < 4.78 is 0. The highest BCUT2D eigenvalue weighted by atomic mass is 15.0. The summed E-state index contributed by atoms with van der Waals surface area (Å²) in [7, 11) is 0. The van der Waals surface area contributed by atoms with Gasteiger partial charge in [0, 0.05) is 16.7 Å². The monoisotopic (exact) mass is 712 g/mol. The van der Waals surface area contributed by atoms with Gasteiger partial charge in [0.25, 0.3) is 0 Å². The van der Waals surface area contributed by atoms with Crippen LogP contribution in [0, 0.1) is 11.3 Å². The molecule has 10 rings (SSSR count). The zero-order chi connectivity index (χ0) is 37.4. The predicted molar refractivity (Wildman–Crippen MR) is 230 cm³/mol. The van der Waals surface area contributed by atoms with E-state index in [4.69, 9.17) is 15.0 Å². The van der Waals surface area contributed by atoms with Crippen molar-refractivity contribution in [3.8, 4) is 73.6 Å². The Morgan fingerprint density at radius 1 is 0.304 bits per heavy atom. The third kappa shape index (κ3) is 6.04. The molecule has 0 bridgehead atoms. The van der Waals surface area contributed by atoms with E-state index in [1.54, 1.807) is 0 Å². The molecule has 10 aromatic rings. The maximum absolute atomic E-state index is 9.24. The molecule has 0 fully saturated rings. The fourth-order valence-electron chi connectivity index (χ4n) is 7.67. The van der Waals surface area contributed by atoms with Gasteiger partial charge in [-0.3, -0.25) is 0 Å². The van der Waals surface area contributed by atoms with Gasteiger partial charge in [-0.25, -0.2) is 15.0 Å². The predicted octanol–water partition coefficient (Wildman–Crippen LogP) is 13.2. The molecule has 0 saturated carbocycles. The van der Waals surface area contributed by atoms with Crippen LogP contribution in [0.1, 0.15) is 5.56 Å². The van der Waals surface area contributed by atoms with E-state index in [1.165, 1.54) is 37.9 Å². The molecular formula is C52H32N4. The lowest BCUT2D eigenvalue weighted by Gasteiger charge is -2.14. The second-order valence-corrected chi connectivity index (χ2v) is 13.9. The highest BCUT2D eigenvalue weighted by molar-refractivity contribution is 6.20. The van der Waals surface area contributed by atoms with Gasteiger partial charge in [0.15, 0.2) is 17.5 Å². The van der Waals surface area contributed by atoms with Gasteiger partial charge in [-0.15, -0.1) is 0 Å². The van der Waals surface area contributed by atoms with Gasteiger partial charge < -0.3 is 0 Å². The van der Waals surface area contributed by atoms with Gasteiger partial charge in [0.1, 0.15) is 0 Å². The molecule has 0 N–H and O–H groups in total. The minimum atomic E-state index is 0.597. The van der Waals surface area contributed by atoms with Crippen molar-refractivity contribution in [2.75, 3.05) is 0 Å². The van der Waals surface area contributed by atoms with Crippen LogP contribution in [0.2, 0.25) is 0 Å². The Kier molecular flexibility index (Phi) is 8.17. The van der Waals surface area contributed by atoms with E-state index in [-0.39, 0.29) is 0 Å². The number of benzene rings is 9. The van der Waals surface area contributed by atoms with Crippen molar-refractivity contribution >= 4 is 32.3 Å². The summed E-state index contributed by atoms with van der Waals surface area (Å²) in [6.07, 6.45) is 0. The van der Waals surface area contributed by atoms with Gasteiger partial charge in [0.2, 0.25) is 0 Å². The van der Waals surface area contributed by atoms with Crippen molar-refractivity contribution in [2.45, 2.75) is 0 Å². The Labute approximate surface area is 324 Å². The molecule has 1 aromatic heterocycles. The minimum Gasteiger partial charge on any atom is -0.208 e. The number of nitrogens with zero attached hydrogens (tertiary/aromatic N) is 4. The SMILES string of the molecule is N#Cc1ccc(-c2ccc(-c3nc(-c4ccc(-c5ccccc5)cc4)nc(-c4ccc(-c5c6ccccc6cc6c5ccc5ccccc56)cc4)n3)cc2)cc1. The van der Waals surface area contributed by atoms with Gasteiger partial charge in [0.05, 0.1) is 11.6 Å². The van der Waals surface area contributed by atoms with Crippen molar-refractivity contribution in [1.29, 1.82) is 5.26 Å². The standard InChI is InChI=1S/C52H32N4/c53-33-34-14-16-36(17-15-34)38-20-26-42(27-21-38)51-54-50(41-24-18-37(19-25-41)35-8-2-1-3-9-35)55-52(56-51)43-28-22-40(23-29-43)49-46-13-7-5-11-44(46)32-48-45-12-6-4-10-39(45)30-31-47(48)49/h1-32H. The van der Waals surface area contributed by atoms with Crippen LogP contribution in [-0.4, -0.2) is 15.0 Å². The number of hydrogen-bond acceptors (Lipinski definition) is 4. The summed E-state index contributed by atoms with van der Waals surface area (Å²) in [4.78, 5) is 15.2. The fourth-order valence-corrected chi connectivity index (χ4v) is 7.67. The third-order valence-corrected chi connectivity index (χ3v) is 10.6. The molecule has 0 unspecified atom stereocenters. The maximum atomic E-state index is 9.24. The zero-order valence-corrected chi connectivity index (χ0v) is 30.3. The van der Waals surface area contributed by atoms with Crippen molar-refractivity contribution in [2.24, 2.45) is 0 Å². The van der Waals surface area contributed by atoms with Gasteiger partial charge in [-0.1, -0.05) is 176 Å². The van der Waals surface area contributed by atoms with E-state index in [0.717, 1.165) is 44.5 Å². The summed E-state index contributed by atoms with van der Waals surface area (Å²) in [5, 5.41) is 16.6. The Morgan fingerprint density at radius 3 is 1.29 bits per heavy atom. The Hall–Kier alpha value is -7.74. The lowest BCUT2D eigenvalue weighted by Crippen LogP contribution is -2.00. The summed E-state index contributed by atoms with van der Waals surface area (Å²) in [5.74, 6) is 1.81. The normalized spacial score (nSPS) is 11.2. The average molecular weight is 713 g/mol. The van der Waals surface area contributed by atoms with Gasteiger partial charge >= 0.3 is 0 Å². The molecule has 0 amide bonds. The fraction of sp³-hybridized carbons (Fsp3) is 0. The van der Waals surface area contributed by atoms with Crippen molar-refractivity contribution in [1.82, 2.24) is 15.0 Å². The molecule has 9 aromatic carbocycles. The summed E-state index contributed by atoms with van der Waals surface area (Å²) >= 11 is 0. The molecule has 1 heterocycles. The first-order valence-electron chi connectivity index (χ1n) is 18.7. The number of rotatable bonds is 6. The van der Waals surface area contributed by atoms with E-state index in [9.17, 15) is 5.26 Å². The third-order valence-electron chi connectivity index (χ3n) is 10.6. The van der Waals surface area contributed by atoms with Crippen LogP contribution >= 0.6 is 0 Å².